The molecule has 17 heavy (non-hydrogen) atoms. The molecule has 2 aromatic carbocycles. The van der Waals surface area contributed by atoms with Gasteiger partial charge < -0.3 is 9.47 Å². The predicted octanol–water partition coefficient (Wildman–Crippen LogP) is 4.26. The normalized spacial score (nSPS) is 12.4. The molecule has 0 fully saturated rings. The van der Waals surface area contributed by atoms with Gasteiger partial charge in [-0.25, -0.2) is 0 Å². The van der Waals surface area contributed by atoms with E-state index in [4.69, 9.17) is 9.47 Å². The maximum atomic E-state index is 5.90. The zero-order valence-electron chi connectivity index (χ0n) is 9.69. The second-order valence-corrected chi connectivity index (χ2v) is 5.05. The molecule has 3 rings (SSSR count). The molecule has 2 nitrogen and oxygen atoms in total. The first kappa shape index (κ1) is 10.5. The molecule has 0 unspecified atom stereocenters. The number of aryl methyl sites for hydroxylation is 1. The monoisotopic (exact) mass is 244 g/mol. The average molecular weight is 244 g/mol. The van der Waals surface area contributed by atoms with Crippen LogP contribution < -0.4 is 9.47 Å². The van der Waals surface area contributed by atoms with Gasteiger partial charge in [0.1, 0.15) is 17.2 Å². The molecule has 0 saturated carbocycles. The highest BCUT2D eigenvalue weighted by molar-refractivity contribution is 7.99. The summed E-state index contributed by atoms with van der Waals surface area (Å²) in [6.45, 7) is 2.06. The van der Waals surface area contributed by atoms with E-state index in [9.17, 15) is 0 Å². The van der Waals surface area contributed by atoms with Crippen molar-refractivity contribution >= 4 is 11.8 Å². The highest BCUT2D eigenvalue weighted by Crippen LogP contribution is 2.48. The Labute approximate surface area is 105 Å². The van der Waals surface area contributed by atoms with E-state index < -0.39 is 0 Å². The molecule has 0 atom stereocenters. The Kier molecular flexibility index (Phi) is 2.48. The highest BCUT2D eigenvalue weighted by atomic mass is 32.2. The van der Waals surface area contributed by atoms with E-state index in [1.54, 1.807) is 18.9 Å². The van der Waals surface area contributed by atoms with Gasteiger partial charge in [0.15, 0.2) is 0 Å². The lowest BCUT2D eigenvalue weighted by atomic mass is 10.2. The molecule has 0 aliphatic carbocycles. The summed E-state index contributed by atoms with van der Waals surface area (Å²) < 4.78 is 11.1. The van der Waals surface area contributed by atoms with Crippen LogP contribution in [-0.2, 0) is 0 Å². The zero-order valence-corrected chi connectivity index (χ0v) is 10.5. The van der Waals surface area contributed by atoms with Crippen LogP contribution in [0.15, 0.2) is 46.2 Å². The van der Waals surface area contributed by atoms with E-state index in [-0.39, 0.29) is 0 Å². The molecule has 3 heteroatoms. The summed E-state index contributed by atoms with van der Waals surface area (Å²) in [6.07, 6.45) is 0. The zero-order chi connectivity index (χ0) is 11.8. The topological polar surface area (TPSA) is 18.5 Å². The molecule has 0 amide bonds. The number of methoxy groups -OCH3 is 1. The van der Waals surface area contributed by atoms with E-state index in [0.717, 1.165) is 27.0 Å². The first-order valence-electron chi connectivity index (χ1n) is 5.40. The van der Waals surface area contributed by atoms with Gasteiger partial charge in [0.2, 0.25) is 0 Å². The van der Waals surface area contributed by atoms with Crippen LogP contribution in [0, 0.1) is 6.92 Å². The van der Waals surface area contributed by atoms with Gasteiger partial charge in [-0.05, 0) is 36.8 Å². The maximum Gasteiger partial charge on any atom is 0.145 e. The number of benzene rings is 2. The SMILES string of the molecule is COc1ccc2c(c1)Oc1cc(C)ccc1S2. The van der Waals surface area contributed by atoms with Crippen molar-refractivity contribution < 1.29 is 9.47 Å². The molecule has 1 aliphatic heterocycles. The number of ether oxygens (including phenoxy) is 2. The molecular formula is C14H12O2S. The molecule has 86 valence electrons. The number of hydrogen-bond acceptors (Lipinski definition) is 3. The fourth-order valence-corrected chi connectivity index (χ4v) is 2.71. The lowest BCUT2D eigenvalue weighted by Crippen LogP contribution is -1.96. The maximum absolute atomic E-state index is 5.90. The minimum Gasteiger partial charge on any atom is -0.497 e. The summed E-state index contributed by atoms with van der Waals surface area (Å²) in [5, 5.41) is 0. The van der Waals surface area contributed by atoms with Crippen LogP contribution in [0.4, 0.5) is 0 Å². The minimum absolute atomic E-state index is 0.820. The fraction of sp³-hybridized carbons (Fsp3) is 0.143. The van der Waals surface area contributed by atoms with Crippen molar-refractivity contribution in [3.63, 3.8) is 0 Å². The van der Waals surface area contributed by atoms with E-state index in [1.807, 2.05) is 18.2 Å². The van der Waals surface area contributed by atoms with Crippen LogP contribution in [0.3, 0.4) is 0 Å². The lowest BCUT2D eigenvalue weighted by molar-refractivity contribution is 0.404. The Balaban J connectivity index is 2.05. The second-order valence-electron chi connectivity index (χ2n) is 3.97. The quantitative estimate of drug-likeness (QED) is 0.637. The molecule has 2 aromatic rings. The average Bonchev–Trinajstić information content (AvgIpc) is 2.35. The molecule has 0 aromatic heterocycles. The van der Waals surface area contributed by atoms with Gasteiger partial charge in [0, 0.05) is 6.07 Å². The van der Waals surface area contributed by atoms with Crippen LogP contribution in [0.5, 0.6) is 17.2 Å². The Morgan fingerprint density at radius 1 is 1.00 bits per heavy atom. The Hall–Kier alpha value is -1.61. The summed E-state index contributed by atoms with van der Waals surface area (Å²) in [5.74, 6) is 2.61. The van der Waals surface area contributed by atoms with Gasteiger partial charge in [0.25, 0.3) is 0 Å². The van der Waals surface area contributed by atoms with Crippen molar-refractivity contribution in [2.45, 2.75) is 16.7 Å². The Morgan fingerprint density at radius 2 is 1.71 bits per heavy atom. The van der Waals surface area contributed by atoms with Gasteiger partial charge in [-0.15, -0.1) is 0 Å². The number of hydrogen-bond donors (Lipinski definition) is 0. The molecular weight excluding hydrogens is 232 g/mol. The van der Waals surface area contributed by atoms with Crippen molar-refractivity contribution in [3.8, 4) is 17.2 Å². The lowest BCUT2D eigenvalue weighted by Gasteiger charge is -2.20. The largest absolute Gasteiger partial charge is 0.497 e. The van der Waals surface area contributed by atoms with Crippen LogP contribution in [0.2, 0.25) is 0 Å². The van der Waals surface area contributed by atoms with Gasteiger partial charge in [0.05, 0.1) is 16.9 Å². The fourth-order valence-electron chi connectivity index (χ4n) is 1.80. The second kappa shape index (κ2) is 4.00. The Morgan fingerprint density at radius 3 is 2.47 bits per heavy atom. The van der Waals surface area contributed by atoms with Crippen molar-refractivity contribution in [1.29, 1.82) is 0 Å². The van der Waals surface area contributed by atoms with Crippen LogP contribution >= 0.6 is 11.8 Å². The summed E-state index contributed by atoms with van der Waals surface area (Å²) in [6, 6.07) is 12.2. The summed E-state index contributed by atoms with van der Waals surface area (Å²) >= 11 is 1.73. The van der Waals surface area contributed by atoms with Gasteiger partial charge >= 0.3 is 0 Å². The molecule has 0 spiro atoms. The molecule has 1 heterocycles. The van der Waals surface area contributed by atoms with E-state index in [0.29, 0.717) is 0 Å². The number of rotatable bonds is 1. The molecule has 1 aliphatic rings. The summed E-state index contributed by atoms with van der Waals surface area (Å²) in [4.78, 5) is 2.29. The number of fused-ring (bicyclic) bond motifs is 2. The third-order valence-corrected chi connectivity index (χ3v) is 3.80. The van der Waals surface area contributed by atoms with Crippen molar-refractivity contribution in [3.05, 3.63) is 42.0 Å². The molecule has 0 radical (unpaired) electrons. The predicted molar refractivity (Wildman–Crippen MR) is 68.4 cm³/mol. The first-order chi connectivity index (χ1) is 8.26. The summed E-state index contributed by atoms with van der Waals surface area (Å²) in [7, 11) is 1.66. The van der Waals surface area contributed by atoms with E-state index >= 15 is 0 Å². The minimum atomic E-state index is 0.820. The van der Waals surface area contributed by atoms with Crippen LogP contribution in [0.25, 0.3) is 0 Å². The molecule has 0 bridgehead atoms. The van der Waals surface area contributed by atoms with Crippen molar-refractivity contribution in [1.82, 2.24) is 0 Å². The van der Waals surface area contributed by atoms with E-state index in [1.165, 1.54) is 5.56 Å². The summed E-state index contributed by atoms with van der Waals surface area (Å²) in [5.41, 5.74) is 1.20. The third kappa shape index (κ3) is 1.87. The van der Waals surface area contributed by atoms with Crippen LogP contribution in [0.1, 0.15) is 5.56 Å². The van der Waals surface area contributed by atoms with E-state index in [2.05, 4.69) is 25.1 Å². The van der Waals surface area contributed by atoms with Crippen LogP contribution in [-0.4, -0.2) is 7.11 Å². The third-order valence-electron chi connectivity index (χ3n) is 2.69. The first-order valence-corrected chi connectivity index (χ1v) is 6.22. The van der Waals surface area contributed by atoms with Gasteiger partial charge in [-0.2, -0.15) is 0 Å². The molecule has 0 saturated heterocycles. The van der Waals surface area contributed by atoms with Gasteiger partial charge in [-0.1, -0.05) is 17.8 Å². The smallest absolute Gasteiger partial charge is 0.145 e. The Bertz CT molecular complexity index is 578. The van der Waals surface area contributed by atoms with Crippen molar-refractivity contribution in [2.75, 3.05) is 7.11 Å². The van der Waals surface area contributed by atoms with Crippen molar-refractivity contribution in [2.24, 2.45) is 0 Å². The highest BCUT2D eigenvalue weighted by Gasteiger charge is 2.18. The standard InChI is InChI=1S/C14H12O2S/c1-9-3-5-13-11(7-9)16-12-8-10(15-2)4-6-14(12)17-13/h3-8H,1-2H3. The molecule has 0 N–H and O–H groups in total. The van der Waals surface area contributed by atoms with Gasteiger partial charge in [-0.3, -0.25) is 0 Å².